The lowest BCUT2D eigenvalue weighted by atomic mass is 10.1. The molecule has 0 bridgehead atoms. The Morgan fingerprint density at radius 3 is 2.68 bits per heavy atom. The Morgan fingerprint density at radius 1 is 0.968 bits per heavy atom. The summed E-state index contributed by atoms with van der Waals surface area (Å²) in [6, 6.07) is 25.9. The first kappa shape index (κ1) is 19.4. The fourth-order valence-electron chi connectivity index (χ4n) is 3.39. The van der Waals surface area contributed by atoms with E-state index in [-0.39, 0.29) is 0 Å². The van der Waals surface area contributed by atoms with Crippen LogP contribution in [0, 0.1) is 0 Å². The first-order valence-electron chi connectivity index (χ1n) is 9.88. The molecule has 1 N–H and O–H groups in total. The van der Waals surface area contributed by atoms with Crippen molar-refractivity contribution in [3.63, 3.8) is 0 Å². The molecule has 0 spiro atoms. The van der Waals surface area contributed by atoms with Gasteiger partial charge in [-0.2, -0.15) is 4.98 Å². The highest BCUT2D eigenvalue weighted by atomic mass is 32.2. The van der Waals surface area contributed by atoms with Crippen molar-refractivity contribution in [3.8, 4) is 22.9 Å². The number of aromatic nitrogens is 3. The lowest BCUT2D eigenvalue weighted by Gasteiger charge is -2.19. The van der Waals surface area contributed by atoms with Crippen molar-refractivity contribution in [1.82, 2.24) is 15.2 Å². The molecule has 3 aromatic carbocycles. The van der Waals surface area contributed by atoms with Gasteiger partial charge >= 0.3 is 0 Å². The quantitative estimate of drug-likeness (QED) is 0.430. The molecular weight excluding hydrogens is 408 g/mol. The first-order valence-corrected chi connectivity index (χ1v) is 10.9. The average Bonchev–Trinajstić information content (AvgIpc) is 3.00. The van der Waals surface area contributed by atoms with Crippen molar-refractivity contribution in [3.05, 3.63) is 90.0 Å². The SMILES string of the molecule is COc1cccc(C2Nc3ccccc3-c3nnc(SCc4ccccc4)nc3O2)c1. The molecule has 2 heterocycles. The predicted octanol–water partition coefficient (Wildman–Crippen LogP) is 5.34. The number of anilines is 1. The largest absolute Gasteiger partial charge is 0.497 e. The first-order chi connectivity index (χ1) is 15.3. The summed E-state index contributed by atoms with van der Waals surface area (Å²) in [7, 11) is 1.65. The van der Waals surface area contributed by atoms with Crippen LogP contribution in [-0.4, -0.2) is 22.3 Å². The molecule has 0 saturated carbocycles. The molecule has 1 atom stereocenters. The molecule has 1 aliphatic rings. The molecule has 0 fully saturated rings. The number of nitrogens with one attached hydrogen (secondary N) is 1. The van der Waals surface area contributed by atoms with E-state index < -0.39 is 6.23 Å². The molecule has 0 amide bonds. The van der Waals surface area contributed by atoms with Crippen LogP contribution in [0.3, 0.4) is 0 Å². The molecule has 1 aliphatic heterocycles. The van der Waals surface area contributed by atoms with Crippen LogP contribution in [0.15, 0.2) is 84.0 Å². The number of rotatable bonds is 5. The molecule has 0 saturated heterocycles. The molecule has 1 aromatic heterocycles. The predicted molar refractivity (Wildman–Crippen MR) is 121 cm³/mol. The van der Waals surface area contributed by atoms with Gasteiger partial charge in [0.15, 0.2) is 11.9 Å². The zero-order valence-corrected chi connectivity index (χ0v) is 17.7. The molecule has 1 unspecified atom stereocenters. The van der Waals surface area contributed by atoms with Gasteiger partial charge in [0.05, 0.1) is 7.11 Å². The Bertz CT molecular complexity index is 1200. The summed E-state index contributed by atoms with van der Waals surface area (Å²) in [6.07, 6.45) is -0.443. The van der Waals surface area contributed by atoms with E-state index in [2.05, 4.69) is 27.6 Å². The van der Waals surface area contributed by atoms with Gasteiger partial charge in [0.25, 0.3) is 0 Å². The van der Waals surface area contributed by atoms with Gasteiger partial charge in [-0.25, -0.2) is 0 Å². The molecule has 154 valence electrons. The van der Waals surface area contributed by atoms with Crippen molar-refractivity contribution < 1.29 is 9.47 Å². The van der Waals surface area contributed by atoms with Gasteiger partial charge < -0.3 is 14.8 Å². The fraction of sp³-hybridized carbons (Fsp3) is 0.125. The number of para-hydroxylation sites is 1. The molecule has 31 heavy (non-hydrogen) atoms. The average molecular weight is 429 g/mol. The van der Waals surface area contributed by atoms with Crippen LogP contribution < -0.4 is 14.8 Å². The Labute approximate surface area is 184 Å². The number of benzene rings is 3. The van der Waals surface area contributed by atoms with Crippen LogP contribution in [0.5, 0.6) is 11.6 Å². The maximum absolute atomic E-state index is 6.32. The zero-order chi connectivity index (χ0) is 21.0. The van der Waals surface area contributed by atoms with Gasteiger partial charge in [-0.15, -0.1) is 10.2 Å². The van der Waals surface area contributed by atoms with E-state index in [1.807, 2.05) is 66.7 Å². The molecule has 4 aromatic rings. The van der Waals surface area contributed by atoms with Crippen molar-refractivity contribution >= 4 is 17.4 Å². The molecule has 7 heteroatoms. The van der Waals surface area contributed by atoms with Crippen molar-refractivity contribution in [2.45, 2.75) is 17.1 Å². The molecule has 0 aliphatic carbocycles. The summed E-state index contributed by atoms with van der Waals surface area (Å²) in [5, 5.41) is 12.9. The third-order valence-electron chi connectivity index (χ3n) is 4.94. The van der Waals surface area contributed by atoms with E-state index in [1.54, 1.807) is 7.11 Å². The fourth-order valence-corrected chi connectivity index (χ4v) is 4.12. The number of nitrogens with zero attached hydrogens (tertiary/aromatic N) is 3. The van der Waals surface area contributed by atoms with E-state index in [0.717, 1.165) is 28.3 Å². The third kappa shape index (κ3) is 4.18. The number of methoxy groups -OCH3 is 1. The molecule has 0 radical (unpaired) electrons. The number of hydrogen-bond donors (Lipinski definition) is 1. The smallest absolute Gasteiger partial charge is 0.247 e. The van der Waals surface area contributed by atoms with Crippen molar-refractivity contribution in [1.29, 1.82) is 0 Å². The van der Waals surface area contributed by atoms with E-state index in [9.17, 15) is 0 Å². The van der Waals surface area contributed by atoms with Crippen LogP contribution in [0.2, 0.25) is 0 Å². The van der Waals surface area contributed by atoms with Crippen molar-refractivity contribution in [2.24, 2.45) is 0 Å². The normalized spacial score (nSPS) is 14.4. The minimum absolute atomic E-state index is 0.443. The monoisotopic (exact) mass is 428 g/mol. The summed E-state index contributed by atoms with van der Waals surface area (Å²) < 4.78 is 11.7. The highest BCUT2D eigenvalue weighted by Gasteiger charge is 2.26. The van der Waals surface area contributed by atoms with Gasteiger partial charge in [-0.3, -0.25) is 0 Å². The summed E-state index contributed by atoms with van der Waals surface area (Å²) >= 11 is 1.53. The Balaban J connectivity index is 1.50. The van der Waals surface area contributed by atoms with Crippen LogP contribution in [-0.2, 0) is 5.75 Å². The number of fused-ring (bicyclic) bond motifs is 3. The van der Waals surface area contributed by atoms with Crippen LogP contribution in [0.1, 0.15) is 17.4 Å². The van der Waals surface area contributed by atoms with Gasteiger partial charge in [-0.1, -0.05) is 72.4 Å². The minimum atomic E-state index is -0.443. The number of ether oxygens (including phenoxy) is 2. The Hall–Kier alpha value is -3.58. The maximum Gasteiger partial charge on any atom is 0.247 e. The zero-order valence-electron chi connectivity index (χ0n) is 16.9. The lowest BCUT2D eigenvalue weighted by molar-refractivity contribution is 0.224. The number of hydrogen-bond acceptors (Lipinski definition) is 7. The standard InChI is InChI=1S/C24H20N4O2S/c1-29-18-11-7-10-17(14-18)22-25-20-13-6-5-12-19(20)21-23(30-22)26-24(28-27-21)31-15-16-8-3-2-4-9-16/h2-14,22,25H,15H2,1H3. The molecule has 5 rings (SSSR count). The molecule has 6 nitrogen and oxygen atoms in total. The summed E-state index contributed by atoms with van der Waals surface area (Å²) in [5.74, 6) is 1.98. The lowest BCUT2D eigenvalue weighted by Crippen LogP contribution is -2.17. The molecular formula is C24H20N4O2S. The van der Waals surface area contributed by atoms with E-state index >= 15 is 0 Å². The van der Waals surface area contributed by atoms with Crippen LogP contribution in [0.4, 0.5) is 5.69 Å². The van der Waals surface area contributed by atoms with Crippen molar-refractivity contribution in [2.75, 3.05) is 12.4 Å². The Morgan fingerprint density at radius 2 is 1.81 bits per heavy atom. The second-order valence-corrected chi connectivity index (χ2v) is 7.93. The highest BCUT2D eigenvalue weighted by molar-refractivity contribution is 7.98. The topological polar surface area (TPSA) is 69.2 Å². The van der Waals surface area contributed by atoms with E-state index in [0.29, 0.717) is 16.7 Å². The summed E-state index contributed by atoms with van der Waals surface area (Å²) in [4.78, 5) is 4.70. The second kappa shape index (κ2) is 8.65. The van der Waals surface area contributed by atoms with Gasteiger partial charge in [-0.05, 0) is 23.8 Å². The maximum atomic E-state index is 6.32. The second-order valence-electron chi connectivity index (χ2n) is 6.99. The Kier molecular flexibility index (Phi) is 5.41. The third-order valence-corrected chi connectivity index (χ3v) is 5.85. The van der Waals surface area contributed by atoms with Gasteiger partial charge in [0.1, 0.15) is 5.75 Å². The number of thioether (sulfide) groups is 1. The van der Waals surface area contributed by atoms with Crippen LogP contribution in [0.25, 0.3) is 11.3 Å². The highest BCUT2D eigenvalue weighted by Crippen LogP contribution is 2.39. The summed E-state index contributed by atoms with van der Waals surface area (Å²) in [6.45, 7) is 0. The van der Waals surface area contributed by atoms with E-state index in [1.165, 1.54) is 17.3 Å². The van der Waals surface area contributed by atoms with Crippen LogP contribution >= 0.6 is 11.8 Å². The van der Waals surface area contributed by atoms with Gasteiger partial charge in [0, 0.05) is 22.6 Å². The summed E-state index contributed by atoms with van der Waals surface area (Å²) in [5.41, 5.74) is 4.57. The van der Waals surface area contributed by atoms with Gasteiger partial charge in [0.2, 0.25) is 11.0 Å². The van der Waals surface area contributed by atoms with E-state index in [4.69, 9.17) is 14.5 Å². The minimum Gasteiger partial charge on any atom is -0.497 e.